The van der Waals surface area contributed by atoms with Crippen molar-refractivity contribution in [1.82, 2.24) is 0 Å². The van der Waals surface area contributed by atoms with Crippen LogP contribution in [0.4, 0.5) is 0 Å². The van der Waals surface area contributed by atoms with Gasteiger partial charge in [0.1, 0.15) is 5.75 Å². The molecule has 1 aromatic rings. The maximum atomic E-state index is 9.73. The van der Waals surface area contributed by atoms with Crippen LogP contribution in [0.5, 0.6) is 5.75 Å². The first kappa shape index (κ1) is 8.85. The van der Waals surface area contributed by atoms with E-state index in [1.165, 1.54) is 0 Å². The second kappa shape index (κ2) is 3.56. The Kier molecular flexibility index (Phi) is 2.42. The normalized spacial score (nSPS) is 21.5. The molecule has 0 bridgehead atoms. The van der Waals surface area contributed by atoms with Gasteiger partial charge < -0.3 is 9.84 Å². The molecule has 1 N–H and O–H groups in total. The second-order valence-electron chi connectivity index (χ2n) is 3.16. The highest BCUT2D eigenvalue weighted by Crippen LogP contribution is 2.36. The van der Waals surface area contributed by atoms with Gasteiger partial charge in [-0.15, -0.1) is 0 Å². The molecule has 0 spiro atoms. The molecule has 1 atom stereocenters. The van der Waals surface area contributed by atoms with Crippen molar-refractivity contribution < 1.29 is 9.84 Å². The largest absolute Gasteiger partial charge is 0.492 e. The molecule has 1 heterocycles. The molecule has 0 saturated heterocycles. The Morgan fingerprint density at radius 1 is 1.46 bits per heavy atom. The van der Waals surface area contributed by atoms with Gasteiger partial charge in [0.15, 0.2) is 0 Å². The van der Waals surface area contributed by atoms with E-state index in [4.69, 9.17) is 16.3 Å². The molecule has 13 heavy (non-hydrogen) atoms. The van der Waals surface area contributed by atoms with Crippen molar-refractivity contribution in [2.24, 2.45) is 0 Å². The van der Waals surface area contributed by atoms with Gasteiger partial charge in [-0.25, -0.2) is 0 Å². The average Bonchev–Trinajstić information content (AvgIpc) is 2.30. The number of rotatable bonds is 0. The fourth-order valence-electron chi connectivity index (χ4n) is 1.55. The zero-order valence-electron chi connectivity index (χ0n) is 7.16. The molecule has 0 saturated carbocycles. The summed E-state index contributed by atoms with van der Waals surface area (Å²) in [5, 5.41) is 10.3. The fourth-order valence-corrected chi connectivity index (χ4v) is 1.78. The van der Waals surface area contributed by atoms with Crippen LogP contribution in [0.25, 0.3) is 0 Å². The van der Waals surface area contributed by atoms with Gasteiger partial charge in [-0.1, -0.05) is 23.7 Å². The summed E-state index contributed by atoms with van der Waals surface area (Å²) in [6, 6.07) is 5.47. The van der Waals surface area contributed by atoms with Gasteiger partial charge in [-0.05, 0) is 18.9 Å². The van der Waals surface area contributed by atoms with Crippen molar-refractivity contribution in [3.8, 4) is 5.75 Å². The highest BCUT2D eigenvalue weighted by Gasteiger charge is 2.18. The van der Waals surface area contributed by atoms with Crippen molar-refractivity contribution in [2.75, 3.05) is 6.61 Å². The summed E-state index contributed by atoms with van der Waals surface area (Å²) < 4.78 is 5.46. The highest BCUT2D eigenvalue weighted by atomic mass is 35.5. The lowest BCUT2D eigenvalue weighted by Crippen LogP contribution is -1.96. The van der Waals surface area contributed by atoms with Crippen LogP contribution in [0.15, 0.2) is 18.2 Å². The van der Waals surface area contributed by atoms with Crippen LogP contribution in [0.2, 0.25) is 5.02 Å². The first-order chi connectivity index (χ1) is 6.29. The third kappa shape index (κ3) is 1.64. The van der Waals surface area contributed by atoms with E-state index < -0.39 is 6.10 Å². The van der Waals surface area contributed by atoms with Gasteiger partial charge in [0.05, 0.1) is 17.7 Å². The summed E-state index contributed by atoms with van der Waals surface area (Å²) in [5.74, 6) is 0.647. The van der Waals surface area contributed by atoms with E-state index in [1.54, 1.807) is 6.07 Å². The smallest absolute Gasteiger partial charge is 0.143 e. The Morgan fingerprint density at radius 3 is 3.15 bits per heavy atom. The van der Waals surface area contributed by atoms with Gasteiger partial charge in [0.25, 0.3) is 0 Å². The topological polar surface area (TPSA) is 29.5 Å². The zero-order chi connectivity index (χ0) is 9.26. The first-order valence-electron chi connectivity index (χ1n) is 4.38. The van der Waals surface area contributed by atoms with E-state index in [1.807, 2.05) is 12.1 Å². The summed E-state index contributed by atoms with van der Waals surface area (Å²) >= 11 is 5.94. The number of hydrogen-bond acceptors (Lipinski definition) is 2. The summed E-state index contributed by atoms with van der Waals surface area (Å²) in [5.41, 5.74) is 0.810. The summed E-state index contributed by atoms with van der Waals surface area (Å²) in [4.78, 5) is 0. The first-order valence-corrected chi connectivity index (χ1v) is 4.76. The minimum atomic E-state index is -0.434. The lowest BCUT2D eigenvalue weighted by molar-refractivity contribution is 0.167. The molecule has 2 nitrogen and oxygen atoms in total. The van der Waals surface area contributed by atoms with Crippen molar-refractivity contribution in [3.63, 3.8) is 0 Å². The van der Waals surface area contributed by atoms with Crippen LogP contribution in [0, 0.1) is 0 Å². The summed E-state index contributed by atoms with van der Waals surface area (Å²) in [6.07, 6.45) is 1.18. The predicted molar refractivity (Wildman–Crippen MR) is 51.1 cm³/mol. The molecular formula is C10H11ClO2. The van der Waals surface area contributed by atoms with E-state index >= 15 is 0 Å². The number of benzene rings is 1. The molecule has 0 unspecified atom stereocenters. The SMILES string of the molecule is O[C@@H]1CCCOc2c(Cl)cccc21. The van der Waals surface area contributed by atoms with Gasteiger partial charge in [-0.3, -0.25) is 0 Å². The molecule has 0 aromatic heterocycles. The lowest BCUT2D eigenvalue weighted by Gasteiger charge is -2.11. The summed E-state index contributed by atoms with van der Waals surface area (Å²) in [7, 11) is 0. The summed E-state index contributed by atoms with van der Waals surface area (Å²) in [6.45, 7) is 0.633. The minimum Gasteiger partial charge on any atom is -0.492 e. The monoisotopic (exact) mass is 198 g/mol. The van der Waals surface area contributed by atoms with Crippen LogP contribution in [0.1, 0.15) is 24.5 Å². The third-order valence-corrected chi connectivity index (χ3v) is 2.52. The molecule has 1 aliphatic rings. The maximum absolute atomic E-state index is 9.73. The van der Waals surface area contributed by atoms with Crippen molar-refractivity contribution in [3.05, 3.63) is 28.8 Å². The molecule has 1 aromatic carbocycles. The Morgan fingerprint density at radius 2 is 2.31 bits per heavy atom. The number of fused-ring (bicyclic) bond motifs is 1. The Balaban J connectivity index is 2.47. The van der Waals surface area contributed by atoms with Gasteiger partial charge in [-0.2, -0.15) is 0 Å². The second-order valence-corrected chi connectivity index (χ2v) is 3.57. The number of aliphatic hydroxyl groups is 1. The Labute approximate surface area is 82.1 Å². The van der Waals surface area contributed by atoms with E-state index in [0.717, 1.165) is 18.4 Å². The van der Waals surface area contributed by atoms with Crippen LogP contribution in [-0.4, -0.2) is 11.7 Å². The molecular weight excluding hydrogens is 188 g/mol. The molecule has 3 heteroatoms. The standard InChI is InChI=1S/C10H11ClO2/c11-8-4-1-3-7-9(12)5-2-6-13-10(7)8/h1,3-4,9,12H,2,5-6H2/t9-/m1/s1. The van der Waals surface area contributed by atoms with E-state index in [2.05, 4.69) is 0 Å². The van der Waals surface area contributed by atoms with Crippen molar-refractivity contribution in [1.29, 1.82) is 0 Å². The maximum Gasteiger partial charge on any atom is 0.143 e. The number of aliphatic hydroxyl groups excluding tert-OH is 1. The zero-order valence-corrected chi connectivity index (χ0v) is 7.92. The third-order valence-electron chi connectivity index (χ3n) is 2.22. The molecule has 0 fully saturated rings. The van der Waals surface area contributed by atoms with Crippen molar-refractivity contribution in [2.45, 2.75) is 18.9 Å². The Hall–Kier alpha value is -0.730. The van der Waals surface area contributed by atoms with Crippen LogP contribution in [-0.2, 0) is 0 Å². The highest BCUT2D eigenvalue weighted by molar-refractivity contribution is 6.32. The van der Waals surface area contributed by atoms with Gasteiger partial charge >= 0.3 is 0 Å². The molecule has 1 aliphatic heterocycles. The lowest BCUT2D eigenvalue weighted by atomic mass is 10.1. The van der Waals surface area contributed by atoms with E-state index in [0.29, 0.717) is 17.4 Å². The number of para-hydroxylation sites is 1. The average molecular weight is 199 g/mol. The quantitative estimate of drug-likeness (QED) is 0.694. The number of halogens is 1. The minimum absolute atomic E-state index is 0.434. The van der Waals surface area contributed by atoms with E-state index in [9.17, 15) is 5.11 Å². The molecule has 2 rings (SSSR count). The number of hydrogen-bond donors (Lipinski definition) is 1. The fraction of sp³-hybridized carbons (Fsp3) is 0.400. The number of ether oxygens (including phenoxy) is 1. The van der Waals surface area contributed by atoms with Gasteiger partial charge in [0, 0.05) is 5.56 Å². The van der Waals surface area contributed by atoms with Crippen LogP contribution < -0.4 is 4.74 Å². The predicted octanol–water partition coefficient (Wildman–Crippen LogP) is 2.55. The van der Waals surface area contributed by atoms with Crippen LogP contribution >= 0.6 is 11.6 Å². The Bertz CT molecular complexity index is 312. The van der Waals surface area contributed by atoms with Crippen LogP contribution in [0.3, 0.4) is 0 Å². The van der Waals surface area contributed by atoms with Gasteiger partial charge in [0.2, 0.25) is 0 Å². The molecule has 70 valence electrons. The molecule has 0 aliphatic carbocycles. The van der Waals surface area contributed by atoms with E-state index in [-0.39, 0.29) is 0 Å². The van der Waals surface area contributed by atoms with Crippen molar-refractivity contribution >= 4 is 11.6 Å². The molecule has 0 radical (unpaired) electrons. The molecule has 0 amide bonds.